The first-order chi connectivity index (χ1) is 17.5. The van der Waals surface area contributed by atoms with Crippen LogP contribution in [-0.4, -0.2) is 5.78 Å². The fourth-order valence-corrected chi connectivity index (χ4v) is 4.67. The zero-order chi connectivity index (χ0) is 25.2. The number of hydrogen-bond donors (Lipinski definition) is 0. The largest absolute Gasteiger partial charge is 0.299 e. The summed E-state index contributed by atoms with van der Waals surface area (Å²) in [5.74, 6) is 0.272. The lowest BCUT2D eigenvalue weighted by Gasteiger charge is -2.07. The lowest BCUT2D eigenvalue weighted by atomic mass is 9.98. The molecule has 36 heavy (non-hydrogen) atoms. The average molecular weight is 475 g/mol. The minimum Gasteiger partial charge on any atom is -0.299 e. The van der Waals surface area contributed by atoms with E-state index < -0.39 is 0 Å². The van der Waals surface area contributed by atoms with Gasteiger partial charge in [-0.3, -0.25) is 4.79 Å². The van der Waals surface area contributed by atoms with Crippen LogP contribution in [0.15, 0.2) is 97.1 Å². The van der Waals surface area contributed by atoms with Gasteiger partial charge in [-0.25, -0.2) is 0 Å². The monoisotopic (exact) mass is 474 g/mol. The number of carbonyl (C=O) groups is 1. The van der Waals surface area contributed by atoms with E-state index in [0.717, 1.165) is 49.7 Å². The normalized spacial score (nSPS) is 10.9. The van der Waals surface area contributed by atoms with Crippen LogP contribution in [0.5, 0.6) is 0 Å². The second-order valence-electron chi connectivity index (χ2n) is 10.2. The Kier molecular flexibility index (Phi) is 9.27. The Morgan fingerprint density at radius 2 is 0.667 bits per heavy atom. The van der Waals surface area contributed by atoms with Crippen molar-refractivity contribution < 1.29 is 4.79 Å². The summed E-state index contributed by atoms with van der Waals surface area (Å²) >= 11 is 0. The Balaban J connectivity index is 1.17. The molecule has 0 saturated carbocycles. The predicted molar refractivity (Wildman–Crippen MR) is 152 cm³/mol. The van der Waals surface area contributed by atoms with Crippen LogP contribution in [0.3, 0.4) is 0 Å². The van der Waals surface area contributed by atoms with Crippen molar-refractivity contribution in [2.24, 2.45) is 0 Å². The number of aryl methyl sites for hydroxylation is 6. The van der Waals surface area contributed by atoms with Crippen LogP contribution in [0.25, 0.3) is 0 Å². The molecule has 0 spiro atoms. The van der Waals surface area contributed by atoms with Gasteiger partial charge < -0.3 is 0 Å². The van der Waals surface area contributed by atoms with E-state index >= 15 is 0 Å². The highest BCUT2D eigenvalue weighted by atomic mass is 16.1. The second-order valence-corrected chi connectivity index (χ2v) is 10.2. The zero-order valence-electron chi connectivity index (χ0n) is 21.8. The van der Waals surface area contributed by atoms with Crippen molar-refractivity contribution in [3.05, 3.63) is 142 Å². The first kappa shape index (κ1) is 25.6. The van der Waals surface area contributed by atoms with Crippen molar-refractivity contribution in [1.29, 1.82) is 0 Å². The molecule has 0 aromatic heterocycles. The molecule has 0 fully saturated rings. The molecule has 0 atom stereocenters. The lowest BCUT2D eigenvalue weighted by Crippen LogP contribution is -2.06. The lowest BCUT2D eigenvalue weighted by molar-refractivity contribution is -0.117. The second kappa shape index (κ2) is 13.0. The summed E-state index contributed by atoms with van der Waals surface area (Å²) in [6.07, 6.45) is 7.63. The molecule has 0 aliphatic heterocycles. The van der Waals surface area contributed by atoms with Crippen molar-refractivity contribution in [3.8, 4) is 0 Å². The van der Waals surface area contributed by atoms with Crippen molar-refractivity contribution >= 4 is 5.78 Å². The highest BCUT2D eigenvalue weighted by Crippen LogP contribution is 2.14. The summed E-state index contributed by atoms with van der Waals surface area (Å²) in [4.78, 5) is 12.7. The van der Waals surface area contributed by atoms with E-state index in [1.54, 1.807) is 0 Å². The van der Waals surface area contributed by atoms with E-state index in [2.05, 4.69) is 111 Å². The first-order valence-corrected chi connectivity index (χ1v) is 13.3. The van der Waals surface area contributed by atoms with Gasteiger partial charge in [-0.2, -0.15) is 0 Å². The molecular weight excluding hydrogens is 436 g/mol. The summed E-state index contributed by atoms with van der Waals surface area (Å²) in [6.45, 7) is 4.25. The van der Waals surface area contributed by atoms with E-state index in [9.17, 15) is 4.79 Å². The van der Waals surface area contributed by atoms with E-state index in [0.29, 0.717) is 12.8 Å². The number of rotatable bonds is 12. The topological polar surface area (TPSA) is 17.1 Å². The quantitative estimate of drug-likeness (QED) is 0.203. The third kappa shape index (κ3) is 8.34. The summed E-state index contributed by atoms with van der Waals surface area (Å²) in [5, 5.41) is 0. The molecule has 0 aliphatic carbocycles. The molecule has 0 bridgehead atoms. The zero-order valence-corrected chi connectivity index (χ0v) is 21.8. The average Bonchev–Trinajstić information content (AvgIpc) is 2.88. The molecule has 1 heteroatoms. The molecular formula is C35H38O. The van der Waals surface area contributed by atoms with Crippen LogP contribution in [0, 0.1) is 13.8 Å². The number of benzene rings is 4. The highest BCUT2D eigenvalue weighted by Gasteiger charge is 2.06. The van der Waals surface area contributed by atoms with E-state index in [4.69, 9.17) is 0 Å². The van der Waals surface area contributed by atoms with Crippen molar-refractivity contribution in [1.82, 2.24) is 0 Å². The van der Waals surface area contributed by atoms with Gasteiger partial charge in [0.15, 0.2) is 0 Å². The molecule has 4 rings (SSSR count). The SMILES string of the molecule is Cc1ccc(CCCc2ccc(CC(=O)Cc3ccc(CCCc4ccc(C)cc4)cc3)cc2)cc1. The molecule has 4 aromatic carbocycles. The van der Waals surface area contributed by atoms with Gasteiger partial charge in [0.2, 0.25) is 0 Å². The number of ketones is 1. The Hall–Kier alpha value is -3.45. The smallest absolute Gasteiger partial charge is 0.141 e. The molecule has 0 unspecified atom stereocenters. The molecule has 0 saturated heterocycles. The molecule has 184 valence electrons. The summed E-state index contributed by atoms with van der Waals surface area (Å²) in [7, 11) is 0. The fraction of sp³-hybridized carbons (Fsp3) is 0.286. The number of hydrogen-bond acceptors (Lipinski definition) is 1. The van der Waals surface area contributed by atoms with Crippen molar-refractivity contribution in [3.63, 3.8) is 0 Å². The van der Waals surface area contributed by atoms with Gasteiger partial charge in [0.25, 0.3) is 0 Å². The summed E-state index contributed by atoms with van der Waals surface area (Å²) in [6, 6.07) is 34.9. The molecule has 0 aliphatic rings. The highest BCUT2D eigenvalue weighted by molar-refractivity contribution is 5.83. The maximum absolute atomic E-state index is 12.7. The Morgan fingerprint density at radius 1 is 0.417 bits per heavy atom. The van der Waals surface area contributed by atoms with Gasteiger partial charge in [-0.15, -0.1) is 0 Å². The molecule has 0 radical (unpaired) electrons. The van der Waals surface area contributed by atoms with E-state index in [1.165, 1.54) is 33.4 Å². The summed E-state index contributed by atoms with van der Waals surface area (Å²) < 4.78 is 0. The predicted octanol–water partition coefficient (Wildman–Crippen LogP) is 8.01. The maximum atomic E-state index is 12.7. The fourth-order valence-electron chi connectivity index (χ4n) is 4.67. The van der Waals surface area contributed by atoms with E-state index in [1.807, 2.05) is 0 Å². The maximum Gasteiger partial charge on any atom is 0.141 e. The van der Waals surface area contributed by atoms with Crippen LogP contribution < -0.4 is 0 Å². The number of Topliss-reactive ketones (excluding diaryl/α,β-unsaturated/α-hetero) is 1. The molecule has 0 heterocycles. The third-order valence-electron chi connectivity index (χ3n) is 6.95. The van der Waals surface area contributed by atoms with Gasteiger partial charge >= 0.3 is 0 Å². The Morgan fingerprint density at radius 3 is 0.972 bits per heavy atom. The molecule has 0 N–H and O–H groups in total. The van der Waals surface area contributed by atoms with Crippen molar-refractivity contribution in [2.45, 2.75) is 65.2 Å². The number of carbonyl (C=O) groups excluding carboxylic acids is 1. The molecule has 4 aromatic rings. The first-order valence-electron chi connectivity index (χ1n) is 13.3. The van der Waals surface area contributed by atoms with E-state index in [-0.39, 0.29) is 5.78 Å². The van der Waals surface area contributed by atoms with Gasteiger partial charge in [0.05, 0.1) is 0 Å². The standard InChI is InChI=1S/C35H38O/c1-27-9-13-29(14-10-27)5-3-7-31-17-21-33(22-18-31)25-35(36)26-34-23-19-32(20-24-34)8-4-6-30-15-11-28(2)12-16-30/h9-24H,3-8,25-26H2,1-2H3. The third-order valence-corrected chi connectivity index (χ3v) is 6.95. The Bertz CT molecular complexity index is 1120. The van der Waals surface area contributed by atoms with Crippen molar-refractivity contribution in [2.75, 3.05) is 0 Å². The molecule has 1 nitrogen and oxygen atoms in total. The van der Waals surface area contributed by atoms with Crippen LogP contribution in [0.2, 0.25) is 0 Å². The van der Waals surface area contributed by atoms with Crippen LogP contribution in [0.4, 0.5) is 0 Å². The van der Waals surface area contributed by atoms with Crippen LogP contribution >= 0.6 is 0 Å². The van der Waals surface area contributed by atoms with Gasteiger partial charge in [-0.1, -0.05) is 108 Å². The van der Waals surface area contributed by atoms with Crippen LogP contribution in [-0.2, 0) is 43.3 Å². The minimum absolute atomic E-state index is 0.272. The van der Waals surface area contributed by atoms with Gasteiger partial charge in [0.1, 0.15) is 5.78 Å². The minimum atomic E-state index is 0.272. The summed E-state index contributed by atoms with van der Waals surface area (Å²) in [5.41, 5.74) is 10.3. The van der Waals surface area contributed by atoms with Gasteiger partial charge in [-0.05, 0) is 85.8 Å². The van der Waals surface area contributed by atoms with Crippen LogP contribution in [0.1, 0.15) is 57.3 Å². The Labute approximate surface area is 217 Å². The molecule has 0 amide bonds. The van der Waals surface area contributed by atoms with Gasteiger partial charge in [0, 0.05) is 12.8 Å².